The van der Waals surface area contributed by atoms with E-state index in [1.807, 2.05) is 11.8 Å². The summed E-state index contributed by atoms with van der Waals surface area (Å²) in [7, 11) is -0.962. The fraction of sp³-hybridized carbons (Fsp3) is 0.457. The van der Waals surface area contributed by atoms with E-state index in [0.29, 0.717) is 6.42 Å². The van der Waals surface area contributed by atoms with Crippen molar-refractivity contribution in [2.24, 2.45) is 0 Å². The molecule has 1 aliphatic rings. The second kappa shape index (κ2) is 22.4. The van der Waals surface area contributed by atoms with Crippen molar-refractivity contribution in [3.05, 3.63) is 112 Å². The maximum absolute atomic E-state index is 12.4. The molecule has 9 heteroatoms. The third kappa shape index (κ3) is 12.1. The summed E-state index contributed by atoms with van der Waals surface area (Å²) >= 11 is 4.04. The number of nitrogens with zero attached hydrogens (tertiary/aromatic N) is 2. The maximum Gasteiger partial charge on any atom is 0.333 e. The molecular weight excluding hydrogens is 740 g/mol. The number of benzene rings is 3. The lowest BCUT2D eigenvalue weighted by Gasteiger charge is -2.35. The van der Waals surface area contributed by atoms with Crippen LogP contribution < -0.4 is 9.74 Å². The van der Waals surface area contributed by atoms with E-state index in [9.17, 15) is 15.0 Å². The van der Waals surface area contributed by atoms with Gasteiger partial charge < -0.3 is 20.0 Å². The van der Waals surface area contributed by atoms with Gasteiger partial charge in [0.2, 0.25) is 11.8 Å². The standard InChI is InChI=1S/C46H61N2O4PS2/c1-4-7-30-53(31-8-5-2,32-9-6-3)33-20-35-55-46(54-34-19-11-14-27-44(51)52-48-42(49)28-29-43(48)50)45-38-23-15-17-25-40(38)47(36-37-21-12-10-13-22-37)41-26-18-16-24-39(41)45/h10,12-13,15-18,21-26,28-29H,4-9,11,14,19-20,27,30-36H2,1-3H3,(H-,49,50)/p+1. The first-order valence-corrected chi connectivity index (χ1v) is 25.1. The summed E-state index contributed by atoms with van der Waals surface area (Å²) in [5.41, 5.74) is 7.73. The van der Waals surface area contributed by atoms with Gasteiger partial charge in [0.25, 0.3) is 0 Å². The summed E-state index contributed by atoms with van der Waals surface area (Å²) < 4.78 is 2.16. The fourth-order valence-electron chi connectivity index (χ4n) is 7.53. The molecule has 296 valence electrons. The summed E-state index contributed by atoms with van der Waals surface area (Å²) in [6, 6.07) is 31.2. The minimum absolute atomic E-state index is 0.224. The van der Waals surface area contributed by atoms with Crippen LogP contribution in [0, 0.1) is 0 Å². The Balaban J connectivity index is 1.36. The Morgan fingerprint density at radius 3 is 1.69 bits per heavy atom. The summed E-state index contributed by atoms with van der Waals surface area (Å²) in [5, 5.41) is 19.6. The lowest BCUT2D eigenvalue weighted by atomic mass is 9.91. The SMILES string of the molecule is CCCC[P+](CCCC)(CCCC)CCCSC(SCCCCCC(=O)On1c(O)ccc1O)=C1c2ccccc2N(Cc2ccccc2)c2ccccc21. The molecule has 0 radical (unpaired) electrons. The predicted octanol–water partition coefficient (Wildman–Crippen LogP) is 12.8. The van der Waals surface area contributed by atoms with Crippen molar-refractivity contribution in [1.29, 1.82) is 0 Å². The van der Waals surface area contributed by atoms with Crippen LogP contribution in [0.1, 0.15) is 108 Å². The molecule has 2 heterocycles. The number of hydrogen-bond acceptors (Lipinski definition) is 7. The first-order valence-electron chi connectivity index (χ1n) is 20.6. The van der Waals surface area contributed by atoms with Crippen LogP contribution in [0.25, 0.3) is 5.57 Å². The molecule has 55 heavy (non-hydrogen) atoms. The van der Waals surface area contributed by atoms with Gasteiger partial charge in [0, 0.05) is 70.4 Å². The molecule has 0 spiro atoms. The van der Waals surface area contributed by atoms with Gasteiger partial charge in [0.15, 0.2) is 0 Å². The number of anilines is 2. The van der Waals surface area contributed by atoms with E-state index in [-0.39, 0.29) is 18.2 Å². The molecule has 0 saturated heterocycles. The first-order chi connectivity index (χ1) is 26.9. The molecule has 0 bridgehead atoms. The number of carbonyl (C=O) groups is 1. The molecule has 0 amide bonds. The highest BCUT2D eigenvalue weighted by Crippen LogP contribution is 2.61. The summed E-state index contributed by atoms with van der Waals surface area (Å²) in [6.45, 7) is 7.87. The summed E-state index contributed by atoms with van der Waals surface area (Å²) in [6.07, 6.45) is 17.9. The smallest absolute Gasteiger partial charge is 0.333 e. The highest BCUT2D eigenvalue weighted by molar-refractivity contribution is 8.22. The van der Waals surface area contributed by atoms with Crippen LogP contribution in [0.2, 0.25) is 0 Å². The number of aromatic nitrogens is 1. The van der Waals surface area contributed by atoms with E-state index < -0.39 is 13.2 Å². The number of hydrogen-bond donors (Lipinski definition) is 2. The van der Waals surface area contributed by atoms with Crippen molar-refractivity contribution in [3.8, 4) is 11.8 Å². The van der Waals surface area contributed by atoms with Crippen LogP contribution in [0.3, 0.4) is 0 Å². The molecule has 4 aromatic rings. The summed E-state index contributed by atoms with van der Waals surface area (Å²) in [4.78, 5) is 20.1. The van der Waals surface area contributed by atoms with Crippen molar-refractivity contribution >= 4 is 53.7 Å². The highest BCUT2D eigenvalue weighted by atomic mass is 32.2. The summed E-state index contributed by atoms with van der Waals surface area (Å²) in [5.74, 6) is 1.01. The van der Waals surface area contributed by atoms with Crippen molar-refractivity contribution in [2.45, 2.75) is 97.9 Å². The Kier molecular flexibility index (Phi) is 17.5. The fourth-order valence-corrected chi connectivity index (χ4v) is 15.4. The molecule has 0 saturated carbocycles. The quantitative estimate of drug-likeness (QED) is 0.0540. The minimum Gasteiger partial charge on any atom is -0.492 e. The maximum atomic E-state index is 12.4. The van der Waals surface area contributed by atoms with Crippen LogP contribution >= 0.6 is 30.8 Å². The van der Waals surface area contributed by atoms with Crippen LogP contribution in [0.5, 0.6) is 11.8 Å². The van der Waals surface area contributed by atoms with E-state index >= 15 is 0 Å². The van der Waals surface area contributed by atoms with E-state index in [1.165, 1.54) is 120 Å². The van der Waals surface area contributed by atoms with E-state index in [1.54, 1.807) is 0 Å². The molecule has 1 aromatic heterocycles. The second-order valence-electron chi connectivity index (χ2n) is 14.7. The molecule has 0 atom stereocenters. The van der Waals surface area contributed by atoms with Crippen molar-refractivity contribution in [1.82, 2.24) is 4.73 Å². The molecular formula is C46H62N2O4PS2+. The normalized spacial score (nSPS) is 12.4. The number of para-hydroxylation sites is 2. The van der Waals surface area contributed by atoms with Gasteiger partial charge in [-0.2, -0.15) is 0 Å². The molecule has 3 aromatic carbocycles. The molecule has 0 unspecified atom stereocenters. The molecule has 0 aliphatic carbocycles. The van der Waals surface area contributed by atoms with Gasteiger partial charge in [-0.25, -0.2) is 4.79 Å². The van der Waals surface area contributed by atoms with E-state index in [4.69, 9.17) is 4.84 Å². The van der Waals surface area contributed by atoms with Crippen molar-refractivity contribution in [3.63, 3.8) is 0 Å². The van der Waals surface area contributed by atoms with Gasteiger partial charge in [0.1, 0.15) is 0 Å². The zero-order chi connectivity index (χ0) is 38.9. The first kappa shape index (κ1) is 42.8. The topological polar surface area (TPSA) is 74.9 Å². The van der Waals surface area contributed by atoms with Crippen molar-refractivity contribution in [2.75, 3.05) is 41.1 Å². The van der Waals surface area contributed by atoms with E-state index in [0.717, 1.165) is 35.6 Å². The Morgan fingerprint density at radius 1 is 0.618 bits per heavy atom. The Bertz CT molecular complexity index is 1720. The molecule has 1 aliphatic heterocycles. The lowest BCUT2D eigenvalue weighted by Crippen LogP contribution is -2.23. The Hall–Kier alpha value is -3.32. The van der Waals surface area contributed by atoms with Gasteiger partial charge in [0.05, 0.1) is 24.6 Å². The van der Waals surface area contributed by atoms with Gasteiger partial charge in [-0.1, -0.05) is 113 Å². The Labute approximate surface area is 339 Å². The predicted molar refractivity (Wildman–Crippen MR) is 240 cm³/mol. The average molecular weight is 802 g/mol. The number of unbranched alkanes of at least 4 members (excludes halogenated alkanes) is 5. The van der Waals surface area contributed by atoms with Crippen LogP contribution in [-0.2, 0) is 11.3 Å². The zero-order valence-electron chi connectivity index (χ0n) is 33.3. The third-order valence-electron chi connectivity index (χ3n) is 10.5. The van der Waals surface area contributed by atoms with Crippen LogP contribution in [0.4, 0.5) is 11.4 Å². The van der Waals surface area contributed by atoms with E-state index in [2.05, 4.69) is 116 Å². The second-order valence-corrected chi connectivity index (χ2v) is 21.7. The minimum atomic E-state index is -0.962. The van der Waals surface area contributed by atoms with Gasteiger partial charge in [-0.15, -0.1) is 28.3 Å². The largest absolute Gasteiger partial charge is 0.492 e. The Morgan fingerprint density at radius 2 is 1.13 bits per heavy atom. The van der Waals surface area contributed by atoms with Gasteiger partial charge in [-0.3, -0.25) is 0 Å². The van der Waals surface area contributed by atoms with Crippen LogP contribution in [-0.4, -0.2) is 57.1 Å². The molecule has 2 N–H and O–H groups in total. The van der Waals surface area contributed by atoms with Gasteiger partial charge >= 0.3 is 5.97 Å². The third-order valence-corrected chi connectivity index (χ3v) is 18.2. The number of aromatic hydroxyl groups is 2. The molecule has 6 nitrogen and oxygen atoms in total. The lowest BCUT2D eigenvalue weighted by molar-refractivity contribution is -0.145. The highest BCUT2D eigenvalue weighted by Gasteiger charge is 2.35. The van der Waals surface area contributed by atoms with Crippen LogP contribution in [0.15, 0.2) is 95.2 Å². The van der Waals surface area contributed by atoms with Gasteiger partial charge in [-0.05, 0) is 62.0 Å². The molecule has 0 fully saturated rings. The number of fused-ring (bicyclic) bond motifs is 2. The number of rotatable bonds is 24. The average Bonchev–Trinajstić information content (AvgIpc) is 3.53. The molecule has 5 rings (SSSR count). The number of thioether (sulfide) groups is 2. The number of carbonyl (C=O) groups excluding carboxylic acids is 1. The zero-order valence-corrected chi connectivity index (χ0v) is 35.8. The monoisotopic (exact) mass is 801 g/mol. The van der Waals surface area contributed by atoms with Crippen molar-refractivity contribution < 1.29 is 19.8 Å².